The minimum absolute atomic E-state index is 0.0194. The van der Waals surface area contributed by atoms with Crippen LogP contribution in [0.4, 0.5) is 0 Å². The average molecular weight is 451 g/mol. The number of hydrogen-bond acceptors (Lipinski definition) is 6. The Bertz CT molecular complexity index is 952. The van der Waals surface area contributed by atoms with Crippen LogP contribution in [-0.4, -0.2) is 57.9 Å². The van der Waals surface area contributed by atoms with Crippen molar-refractivity contribution in [3.05, 3.63) is 28.2 Å². The Labute approximate surface area is 190 Å². The van der Waals surface area contributed by atoms with Crippen LogP contribution < -0.4 is 0 Å². The molecule has 0 N–H and O–H groups in total. The lowest BCUT2D eigenvalue weighted by atomic mass is 9.71. The zero-order chi connectivity index (χ0) is 23.0. The van der Waals surface area contributed by atoms with Crippen molar-refractivity contribution in [2.45, 2.75) is 66.5 Å². The summed E-state index contributed by atoms with van der Waals surface area (Å²) in [6, 6.07) is 1.96. The molecule has 1 aliphatic rings. The molecule has 0 radical (unpaired) electrons. The van der Waals surface area contributed by atoms with Gasteiger partial charge < -0.3 is 9.47 Å². The van der Waals surface area contributed by atoms with Crippen LogP contribution in [0.15, 0.2) is 6.07 Å². The first kappa shape index (κ1) is 24.0. The van der Waals surface area contributed by atoms with E-state index in [-0.39, 0.29) is 17.3 Å². The summed E-state index contributed by atoms with van der Waals surface area (Å²) in [7, 11) is 1.44. The average Bonchev–Trinajstić information content (AvgIpc) is 3.11. The number of methoxy groups -OCH3 is 1. The number of aromatic nitrogens is 3. The molecule has 31 heavy (non-hydrogen) atoms. The molecule has 8 heteroatoms. The summed E-state index contributed by atoms with van der Waals surface area (Å²) in [5.74, 6) is -0.0358. The van der Waals surface area contributed by atoms with E-state index in [1.165, 1.54) is 7.11 Å². The van der Waals surface area contributed by atoms with Gasteiger partial charge in [0, 0.05) is 43.6 Å². The molecule has 3 rings (SSSR count). The first-order chi connectivity index (χ1) is 14.5. The highest BCUT2D eigenvalue weighted by molar-refractivity contribution is 6.30. The predicted molar refractivity (Wildman–Crippen MR) is 121 cm³/mol. The molecule has 0 amide bonds. The van der Waals surface area contributed by atoms with Crippen LogP contribution in [0.2, 0.25) is 5.15 Å². The van der Waals surface area contributed by atoms with Gasteiger partial charge in [0.05, 0.1) is 12.8 Å². The van der Waals surface area contributed by atoms with Gasteiger partial charge in [-0.05, 0) is 38.0 Å². The summed E-state index contributed by atoms with van der Waals surface area (Å²) in [4.78, 5) is 19.8. The highest BCUT2D eigenvalue weighted by atomic mass is 35.5. The topological polar surface area (TPSA) is 69.0 Å². The first-order valence-electron chi connectivity index (χ1n) is 11.0. The summed E-state index contributed by atoms with van der Waals surface area (Å²) in [6.07, 6.45) is 1.49. The summed E-state index contributed by atoms with van der Waals surface area (Å²) in [5, 5.41) is 5.27. The highest BCUT2D eigenvalue weighted by Crippen LogP contribution is 2.40. The SMILES string of the molecule is CCCO[C@@]1(C(=O)OC)C[C@@H](C(C)(C)C)CN(Cc2cc3nc(C)c(C)c(Cl)n3n2)C1. The van der Waals surface area contributed by atoms with E-state index in [1.807, 2.05) is 26.8 Å². The Morgan fingerprint density at radius 3 is 2.68 bits per heavy atom. The van der Waals surface area contributed by atoms with E-state index < -0.39 is 5.60 Å². The molecule has 1 aliphatic heterocycles. The molecule has 1 fully saturated rings. The third-order valence-corrected chi connectivity index (χ3v) is 6.79. The second-order valence-electron chi connectivity index (χ2n) is 9.79. The molecule has 0 bridgehead atoms. The molecule has 2 atom stereocenters. The molecule has 2 aromatic heterocycles. The van der Waals surface area contributed by atoms with Gasteiger partial charge >= 0.3 is 5.97 Å². The van der Waals surface area contributed by atoms with Crippen LogP contribution >= 0.6 is 11.6 Å². The number of rotatable bonds is 6. The fourth-order valence-corrected chi connectivity index (χ4v) is 4.53. The molecular formula is C23H35ClN4O3. The zero-order valence-corrected chi connectivity index (χ0v) is 20.5. The van der Waals surface area contributed by atoms with Gasteiger partial charge in [0.2, 0.25) is 0 Å². The van der Waals surface area contributed by atoms with Crippen molar-refractivity contribution in [1.82, 2.24) is 19.5 Å². The summed E-state index contributed by atoms with van der Waals surface area (Å²) >= 11 is 6.50. The minimum atomic E-state index is -0.969. The second kappa shape index (κ2) is 9.04. The van der Waals surface area contributed by atoms with Crippen LogP contribution in [0, 0.1) is 25.2 Å². The third-order valence-electron chi connectivity index (χ3n) is 6.35. The number of piperidine rings is 1. The summed E-state index contributed by atoms with van der Waals surface area (Å²) in [6.45, 7) is 15.0. The van der Waals surface area contributed by atoms with Crippen molar-refractivity contribution in [2.75, 3.05) is 26.8 Å². The zero-order valence-electron chi connectivity index (χ0n) is 19.8. The highest BCUT2D eigenvalue weighted by Gasteiger charge is 2.50. The quantitative estimate of drug-likeness (QED) is 0.485. The number of nitrogens with zero attached hydrogens (tertiary/aromatic N) is 4. The van der Waals surface area contributed by atoms with Crippen LogP contribution in [0.5, 0.6) is 0 Å². The minimum Gasteiger partial charge on any atom is -0.467 e. The molecule has 2 aromatic rings. The standard InChI is InChI=1S/C23H35ClN4O3/c1-8-9-31-23(21(29)30-7)11-17(22(4,5)6)12-27(14-23)13-18-10-19-25-16(3)15(2)20(24)28(19)26-18/h10,17H,8-9,11-14H2,1-7H3/t17-,23+/m1/s1. The number of aryl methyl sites for hydroxylation is 1. The number of ether oxygens (including phenoxy) is 2. The van der Waals surface area contributed by atoms with Crippen molar-refractivity contribution in [3.63, 3.8) is 0 Å². The van der Waals surface area contributed by atoms with E-state index in [4.69, 9.17) is 26.2 Å². The Morgan fingerprint density at radius 1 is 1.35 bits per heavy atom. The maximum Gasteiger partial charge on any atom is 0.339 e. The van der Waals surface area contributed by atoms with E-state index >= 15 is 0 Å². The number of carbonyl (C=O) groups excluding carboxylic acids is 1. The molecule has 0 spiro atoms. The third kappa shape index (κ3) is 4.89. The summed E-state index contributed by atoms with van der Waals surface area (Å²) in [5.41, 5.74) is 2.46. The molecule has 0 saturated carbocycles. The van der Waals surface area contributed by atoms with Gasteiger partial charge in [-0.15, -0.1) is 0 Å². The lowest BCUT2D eigenvalue weighted by Crippen LogP contribution is -2.59. The molecule has 3 heterocycles. The number of likely N-dealkylation sites (tertiary alicyclic amines) is 1. The predicted octanol–water partition coefficient (Wildman–Crippen LogP) is 4.21. The van der Waals surface area contributed by atoms with Crippen LogP contribution in [-0.2, 0) is 20.8 Å². The van der Waals surface area contributed by atoms with Gasteiger partial charge in [0.15, 0.2) is 11.2 Å². The normalized spacial score (nSPS) is 22.8. The molecule has 0 aromatic carbocycles. The Morgan fingerprint density at radius 2 is 2.06 bits per heavy atom. The fourth-order valence-electron chi connectivity index (χ4n) is 4.27. The van der Waals surface area contributed by atoms with Crippen molar-refractivity contribution in [2.24, 2.45) is 11.3 Å². The fraction of sp³-hybridized carbons (Fsp3) is 0.696. The van der Waals surface area contributed by atoms with Gasteiger partial charge in [0.25, 0.3) is 0 Å². The number of halogens is 1. The van der Waals surface area contributed by atoms with Crippen LogP contribution in [0.3, 0.4) is 0 Å². The van der Waals surface area contributed by atoms with Gasteiger partial charge in [-0.1, -0.05) is 39.3 Å². The monoisotopic (exact) mass is 450 g/mol. The van der Waals surface area contributed by atoms with Crippen LogP contribution in [0.25, 0.3) is 5.65 Å². The number of esters is 1. The van der Waals surface area contributed by atoms with Crippen molar-refractivity contribution in [1.29, 1.82) is 0 Å². The molecule has 0 aliphatic carbocycles. The first-order valence-corrected chi connectivity index (χ1v) is 11.3. The van der Waals surface area contributed by atoms with E-state index in [1.54, 1.807) is 4.52 Å². The second-order valence-corrected chi connectivity index (χ2v) is 10.1. The van der Waals surface area contributed by atoms with Gasteiger partial charge in [-0.2, -0.15) is 5.10 Å². The molecule has 172 valence electrons. The van der Waals surface area contributed by atoms with Gasteiger partial charge in [-0.25, -0.2) is 14.3 Å². The lowest BCUT2D eigenvalue weighted by Gasteiger charge is -2.47. The van der Waals surface area contributed by atoms with E-state index in [9.17, 15) is 4.79 Å². The van der Waals surface area contributed by atoms with Gasteiger partial charge in [-0.3, -0.25) is 4.90 Å². The summed E-state index contributed by atoms with van der Waals surface area (Å²) < 4.78 is 13.1. The van der Waals surface area contributed by atoms with Crippen molar-refractivity contribution in [3.8, 4) is 0 Å². The number of fused-ring (bicyclic) bond motifs is 1. The molecule has 7 nitrogen and oxygen atoms in total. The lowest BCUT2D eigenvalue weighted by molar-refractivity contribution is -0.184. The van der Waals surface area contributed by atoms with Crippen LogP contribution in [0.1, 0.15) is 57.5 Å². The Balaban J connectivity index is 1.94. The maximum atomic E-state index is 12.9. The molecule has 1 saturated heterocycles. The number of hydrogen-bond donors (Lipinski definition) is 0. The molecular weight excluding hydrogens is 416 g/mol. The smallest absolute Gasteiger partial charge is 0.339 e. The Hall–Kier alpha value is -1.70. The van der Waals surface area contributed by atoms with E-state index in [2.05, 4.69) is 30.7 Å². The van der Waals surface area contributed by atoms with E-state index in [0.29, 0.717) is 31.3 Å². The number of carbonyl (C=O) groups is 1. The van der Waals surface area contributed by atoms with Crippen molar-refractivity contribution >= 4 is 23.2 Å². The maximum absolute atomic E-state index is 12.9. The van der Waals surface area contributed by atoms with Crippen molar-refractivity contribution < 1.29 is 14.3 Å². The largest absolute Gasteiger partial charge is 0.467 e. The van der Waals surface area contributed by atoms with Gasteiger partial charge in [0.1, 0.15) is 5.15 Å². The Kier molecular flexibility index (Phi) is 6.99. The van der Waals surface area contributed by atoms with E-state index in [0.717, 1.165) is 35.6 Å². The molecule has 0 unspecified atom stereocenters.